The van der Waals surface area contributed by atoms with E-state index < -0.39 is 0 Å². The predicted molar refractivity (Wildman–Crippen MR) is 106 cm³/mol. The van der Waals surface area contributed by atoms with Gasteiger partial charge in [0.1, 0.15) is 0 Å². The van der Waals surface area contributed by atoms with E-state index in [1.165, 1.54) is 31.4 Å². The molecule has 6 nitrogen and oxygen atoms in total. The summed E-state index contributed by atoms with van der Waals surface area (Å²) in [7, 11) is 3.78. The lowest BCUT2D eigenvalue weighted by molar-refractivity contribution is 0.141. The zero-order chi connectivity index (χ0) is 18.2. The summed E-state index contributed by atoms with van der Waals surface area (Å²) in [5.74, 6) is 0.844. The van der Waals surface area contributed by atoms with Gasteiger partial charge in [-0.15, -0.1) is 0 Å². The number of aromatic nitrogens is 2. The van der Waals surface area contributed by atoms with Crippen LogP contribution in [0, 0.1) is 0 Å². The Morgan fingerprint density at radius 3 is 2.77 bits per heavy atom. The quantitative estimate of drug-likeness (QED) is 0.616. The Morgan fingerprint density at radius 2 is 2.04 bits per heavy atom. The Kier molecular flexibility index (Phi) is 6.66. The van der Waals surface area contributed by atoms with Crippen LogP contribution >= 0.6 is 0 Å². The molecule has 1 aliphatic heterocycles. The highest BCUT2D eigenvalue weighted by molar-refractivity contribution is 5.79. The highest BCUT2D eigenvalue weighted by Crippen LogP contribution is 2.19. The average Bonchev–Trinajstić information content (AvgIpc) is 3.09. The van der Waals surface area contributed by atoms with E-state index in [9.17, 15) is 0 Å². The number of likely N-dealkylation sites (tertiary alicyclic amines) is 1. The molecule has 0 saturated carbocycles. The van der Waals surface area contributed by atoms with E-state index in [0.717, 1.165) is 24.7 Å². The fourth-order valence-electron chi connectivity index (χ4n) is 3.50. The standard InChI is InChI=1S/C20H30N6/c1-21-20(22-14-18-11-12-24-25(18)2)23-15-19-10-6-7-13-26(19)16-17-8-4-3-5-9-17/h3-5,8-9,11-12,19H,6-7,10,13-16H2,1-2H3,(H2,21,22,23). The summed E-state index contributed by atoms with van der Waals surface area (Å²) in [6, 6.07) is 13.3. The second-order valence-electron chi connectivity index (χ2n) is 6.86. The monoisotopic (exact) mass is 354 g/mol. The molecule has 140 valence electrons. The van der Waals surface area contributed by atoms with Crippen molar-refractivity contribution in [1.29, 1.82) is 0 Å². The van der Waals surface area contributed by atoms with E-state index in [-0.39, 0.29) is 0 Å². The average molecular weight is 355 g/mol. The molecular weight excluding hydrogens is 324 g/mol. The van der Waals surface area contributed by atoms with Crippen LogP contribution in [0.3, 0.4) is 0 Å². The Balaban J connectivity index is 1.51. The van der Waals surface area contributed by atoms with Crippen LogP contribution < -0.4 is 10.6 Å². The fraction of sp³-hybridized carbons (Fsp3) is 0.500. The van der Waals surface area contributed by atoms with Crippen molar-refractivity contribution in [2.24, 2.45) is 12.0 Å². The van der Waals surface area contributed by atoms with Gasteiger partial charge in [-0.25, -0.2) is 0 Å². The molecule has 1 saturated heterocycles. The summed E-state index contributed by atoms with van der Waals surface area (Å²) in [4.78, 5) is 6.95. The first kappa shape index (κ1) is 18.5. The van der Waals surface area contributed by atoms with Crippen molar-refractivity contribution in [3.63, 3.8) is 0 Å². The second kappa shape index (κ2) is 9.38. The van der Waals surface area contributed by atoms with Crippen LogP contribution in [-0.2, 0) is 20.1 Å². The smallest absolute Gasteiger partial charge is 0.191 e. The largest absolute Gasteiger partial charge is 0.355 e. The molecule has 0 aliphatic carbocycles. The Labute approximate surface area is 156 Å². The highest BCUT2D eigenvalue weighted by Gasteiger charge is 2.22. The normalized spacial score (nSPS) is 18.7. The molecule has 0 amide bonds. The van der Waals surface area contributed by atoms with Crippen LogP contribution in [0.1, 0.15) is 30.5 Å². The first-order chi connectivity index (χ1) is 12.8. The van der Waals surface area contributed by atoms with Gasteiger partial charge < -0.3 is 10.6 Å². The van der Waals surface area contributed by atoms with Gasteiger partial charge in [-0.2, -0.15) is 5.10 Å². The van der Waals surface area contributed by atoms with Crippen LogP contribution in [0.4, 0.5) is 0 Å². The van der Waals surface area contributed by atoms with E-state index in [1.807, 2.05) is 31.0 Å². The molecule has 0 radical (unpaired) electrons. The lowest BCUT2D eigenvalue weighted by atomic mass is 10.0. The molecule has 0 bridgehead atoms. The molecule has 1 atom stereocenters. The van der Waals surface area contributed by atoms with Crippen molar-refractivity contribution in [3.05, 3.63) is 53.9 Å². The third-order valence-electron chi connectivity index (χ3n) is 5.07. The summed E-state index contributed by atoms with van der Waals surface area (Å²) in [6.45, 7) is 3.82. The lowest BCUT2D eigenvalue weighted by Gasteiger charge is -2.36. The van der Waals surface area contributed by atoms with Crippen LogP contribution in [0.2, 0.25) is 0 Å². The third kappa shape index (κ3) is 5.08. The fourth-order valence-corrected chi connectivity index (χ4v) is 3.50. The summed E-state index contributed by atoms with van der Waals surface area (Å²) in [5, 5.41) is 11.1. The summed E-state index contributed by atoms with van der Waals surface area (Å²) in [5.41, 5.74) is 2.52. The number of benzene rings is 1. The Morgan fingerprint density at radius 1 is 1.19 bits per heavy atom. The van der Waals surface area contributed by atoms with E-state index in [0.29, 0.717) is 12.6 Å². The number of guanidine groups is 1. The van der Waals surface area contributed by atoms with Gasteiger partial charge in [0.05, 0.1) is 12.2 Å². The van der Waals surface area contributed by atoms with Crippen molar-refractivity contribution in [1.82, 2.24) is 25.3 Å². The van der Waals surface area contributed by atoms with Gasteiger partial charge in [0, 0.05) is 39.4 Å². The first-order valence-electron chi connectivity index (χ1n) is 9.45. The van der Waals surface area contributed by atoms with Crippen molar-refractivity contribution >= 4 is 5.96 Å². The molecular formula is C20H30N6. The number of nitrogens with one attached hydrogen (secondary N) is 2. The highest BCUT2D eigenvalue weighted by atomic mass is 15.3. The van der Waals surface area contributed by atoms with Gasteiger partial charge in [0.2, 0.25) is 0 Å². The van der Waals surface area contributed by atoms with Gasteiger partial charge in [0.25, 0.3) is 0 Å². The summed E-state index contributed by atoms with van der Waals surface area (Å²) < 4.78 is 1.88. The maximum atomic E-state index is 4.36. The minimum Gasteiger partial charge on any atom is -0.355 e. The minimum atomic E-state index is 0.541. The van der Waals surface area contributed by atoms with Crippen molar-refractivity contribution in [2.75, 3.05) is 20.1 Å². The Hall–Kier alpha value is -2.34. The first-order valence-corrected chi connectivity index (χ1v) is 9.45. The van der Waals surface area contributed by atoms with Crippen molar-refractivity contribution in [3.8, 4) is 0 Å². The number of piperidine rings is 1. The number of nitrogens with zero attached hydrogens (tertiary/aromatic N) is 4. The topological polar surface area (TPSA) is 57.5 Å². The van der Waals surface area contributed by atoms with E-state index >= 15 is 0 Å². The van der Waals surface area contributed by atoms with Crippen LogP contribution in [0.15, 0.2) is 47.6 Å². The van der Waals surface area contributed by atoms with Crippen molar-refractivity contribution < 1.29 is 0 Å². The van der Waals surface area contributed by atoms with E-state index in [1.54, 1.807) is 0 Å². The molecule has 1 fully saturated rings. The number of hydrogen-bond acceptors (Lipinski definition) is 3. The van der Waals surface area contributed by atoms with Gasteiger partial charge in [-0.1, -0.05) is 36.8 Å². The maximum absolute atomic E-state index is 4.36. The molecule has 2 N–H and O–H groups in total. The van der Waals surface area contributed by atoms with Crippen LogP contribution in [-0.4, -0.2) is 46.8 Å². The van der Waals surface area contributed by atoms with Gasteiger partial charge in [0.15, 0.2) is 5.96 Å². The van der Waals surface area contributed by atoms with Crippen LogP contribution in [0.5, 0.6) is 0 Å². The molecule has 3 rings (SSSR count). The number of aliphatic imine (C=N–C) groups is 1. The molecule has 6 heteroatoms. The maximum Gasteiger partial charge on any atom is 0.191 e. The Bertz CT molecular complexity index is 693. The van der Waals surface area contributed by atoms with E-state index in [4.69, 9.17) is 0 Å². The molecule has 1 unspecified atom stereocenters. The molecule has 2 heterocycles. The van der Waals surface area contributed by atoms with E-state index in [2.05, 4.69) is 56.0 Å². The SMILES string of the molecule is CN=C(NCc1ccnn1C)NCC1CCCCN1Cc1ccccc1. The molecule has 1 aromatic heterocycles. The van der Waals surface area contributed by atoms with Gasteiger partial charge in [-0.3, -0.25) is 14.6 Å². The minimum absolute atomic E-state index is 0.541. The second-order valence-corrected chi connectivity index (χ2v) is 6.86. The number of aryl methyl sites for hydroxylation is 1. The number of rotatable bonds is 6. The molecule has 0 spiro atoms. The predicted octanol–water partition coefficient (Wildman–Crippen LogP) is 2.14. The van der Waals surface area contributed by atoms with Gasteiger partial charge in [-0.05, 0) is 31.0 Å². The molecule has 2 aromatic rings. The van der Waals surface area contributed by atoms with Gasteiger partial charge >= 0.3 is 0 Å². The molecule has 26 heavy (non-hydrogen) atoms. The van der Waals surface area contributed by atoms with Crippen LogP contribution in [0.25, 0.3) is 0 Å². The summed E-state index contributed by atoms with van der Waals surface area (Å²) >= 11 is 0. The number of hydrogen-bond donors (Lipinski definition) is 2. The van der Waals surface area contributed by atoms with Crippen molar-refractivity contribution in [2.45, 2.75) is 38.4 Å². The molecule has 1 aliphatic rings. The zero-order valence-electron chi connectivity index (χ0n) is 15.9. The zero-order valence-corrected chi connectivity index (χ0v) is 15.9. The summed E-state index contributed by atoms with van der Waals surface area (Å²) in [6.07, 6.45) is 5.64. The lowest BCUT2D eigenvalue weighted by Crippen LogP contribution is -2.48. The third-order valence-corrected chi connectivity index (χ3v) is 5.07. The molecule has 1 aromatic carbocycles.